The predicted molar refractivity (Wildman–Crippen MR) is 139 cm³/mol. The van der Waals surface area contributed by atoms with Crippen LogP contribution in [0.4, 0.5) is 15.8 Å². The smallest absolute Gasteiger partial charge is 0.253 e. The maximum atomic E-state index is 14.9. The van der Waals surface area contributed by atoms with Crippen molar-refractivity contribution in [1.29, 1.82) is 0 Å². The Morgan fingerprint density at radius 1 is 1.22 bits per heavy atom. The second-order valence-corrected chi connectivity index (χ2v) is 9.39. The second kappa shape index (κ2) is 12.0. The van der Waals surface area contributed by atoms with Crippen LogP contribution in [0.2, 0.25) is 10.0 Å². The van der Waals surface area contributed by atoms with Crippen molar-refractivity contribution in [3.63, 3.8) is 0 Å². The van der Waals surface area contributed by atoms with Gasteiger partial charge in [-0.2, -0.15) is 0 Å². The predicted octanol–water partition coefficient (Wildman–Crippen LogP) is 4.15. The van der Waals surface area contributed by atoms with Gasteiger partial charge in [0, 0.05) is 37.9 Å². The number of morpholine rings is 1. The van der Waals surface area contributed by atoms with E-state index < -0.39 is 23.7 Å². The van der Waals surface area contributed by atoms with Crippen LogP contribution in [0.5, 0.6) is 0 Å². The van der Waals surface area contributed by atoms with E-state index in [0.29, 0.717) is 41.1 Å². The average Bonchev–Trinajstić information content (AvgIpc) is 3.30. The summed E-state index contributed by atoms with van der Waals surface area (Å²) in [4.78, 5) is 41.1. The van der Waals surface area contributed by atoms with E-state index >= 15 is 0 Å². The van der Waals surface area contributed by atoms with Crippen LogP contribution in [0.1, 0.15) is 18.9 Å². The van der Waals surface area contributed by atoms with Gasteiger partial charge in [0.25, 0.3) is 5.91 Å². The van der Waals surface area contributed by atoms with Gasteiger partial charge in [-0.25, -0.2) is 4.39 Å². The monoisotopic (exact) mass is 549 g/mol. The molecule has 37 heavy (non-hydrogen) atoms. The Balaban J connectivity index is 1.48. The van der Waals surface area contributed by atoms with Crippen molar-refractivity contribution in [2.45, 2.75) is 25.5 Å². The van der Waals surface area contributed by atoms with Gasteiger partial charge in [0.05, 0.1) is 28.4 Å². The lowest BCUT2D eigenvalue weighted by Crippen LogP contribution is -2.42. The van der Waals surface area contributed by atoms with E-state index in [1.54, 1.807) is 30.3 Å². The number of amides is 3. The number of benzene rings is 2. The fraction of sp³-hybridized carbons (Fsp3) is 0.346. The molecule has 2 heterocycles. The zero-order chi connectivity index (χ0) is 26.5. The highest BCUT2D eigenvalue weighted by Gasteiger charge is 2.39. The minimum Gasteiger partial charge on any atom is -0.377 e. The number of halogens is 3. The van der Waals surface area contributed by atoms with E-state index in [4.69, 9.17) is 32.7 Å². The lowest BCUT2D eigenvalue weighted by Gasteiger charge is -2.27. The summed E-state index contributed by atoms with van der Waals surface area (Å²) in [6.07, 6.45) is 2.87. The first kappa shape index (κ1) is 27.1. The van der Waals surface area contributed by atoms with Crippen LogP contribution in [0.15, 0.2) is 42.5 Å². The molecule has 0 spiro atoms. The van der Waals surface area contributed by atoms with Crippen molar-refractivity contribution in [2.75, 3.05) is 43.1 Å². The molecule has 2 aliphatic heterocycles. The molecule has 11 heteroatoms. The van der Waals surface area contributed by atoms with Gasteiger partial charge >= 0.3 is 0 Å². The summed E-state index contributed by atoms with van der Waals surface area (Å²) in [5, 5.41) is 3.34. The Bertz CT molecular complexity index is 1220. The molecule has 2 aliphatic rings. The number of hydrogen-bond donors (Lipinski definition) is 1. The quantitative estimate of drug-likeness (QED) is 0.524. The van der Waals surface area contributed by atoms with Crippen molar-refractivity contribution >= 4 is 58.4 Å². The number of anilines is 2. The first-order chi connectivity index (χ1) is 17.8. The molecule has 2 aromatic rings. The Kier molecular flexibility index (Phi) is 8.81. The third kappa shape index (κ3) is 6.48. The number of rotatable bonds is 7. The molecule has 0 saturated carbocycles. The molecule has 0 aliphatic carbocycles. The first-order valence-corrected chi connectivity index (χ1v) is 12.6. The molecule has 196 valence electrons. The summed E-state index contributed by atoms with van der Waals surface area (Å²) in [7, 11) is 0. The van der Waals surface area contributed by atoms with E-state index in [2.05, 4.69) is 5.32 Å². The molecular weight excluding hydrogens is 524 g/mol. The van der Waals surface area contributed by atoms with E-state index in [1.165, 1.54) is 28.0 Å². The van der Waals surface area contributed by atoms with Gasteiger partial charge in [-0.05, 0) is 48.9 Å². The minimum absolute atomic E-state index is 0.0481. The van der Waals surface area contributed by atoms with Crippen molar-refractivity contribution in [3.05, 3.63) is 63.9 Å². The maximum absolute atomic E-state index is 14.9. The van der Waals surface area contributed by atoms with Crippen molar-refractivity contribution in [2.24, 2.45) is 0 Å². The number of ether oxygens (including phenoxy) is 2. The largest absolute Gasteiger partial charge is 0.377 e. The Morgan fingerprint density at radius 3 is 2.73 bits per heavy atom. The molecule has 1 N–H and O–H groups in total. The number of nitrogens with one attached hydrogen (secondary N) is 1. The maximum Gasteiger partial charge on any atom is 0.253 e. The fourth-order valence-electron chi connectivity index (χ4n) is 4.31. The normalized spacial score (nSPS) is 20.1. The van der Waals surface area contributed by atoms with Crippen molar-refractivity contribution < 1.29 is 28.2 Å². The van der Waals surface area contributed by atoms with Crippen LogP contribution < -0.4 is 10.2 Å². The third-order valence-electron chi connectivity index (χ3n) is 6.12. The molecule has 2 fully saturated rings. The topological polar surface area (TPSA) is 88.2 Å². The molecule has 0 unspecified atom stereocenters. The Morgan fingerprint density at radius 2 is 2.03 bits per heavy atom. The average molecular weight is 550 g/mol. The van der Waals surface area contributed by atoms with Gasteiger partial charge in [-0.15, -0.1) is 0 Å². The summed E-state index contributed by atoms with van der Waals surface area (Å²) in [6.45, 7) is 3.09. The van der Waals surface area contributed by atoms with Crippen molar-refractivity contribution in [3.8, 4) is 0 Å². The number of carbonyl (C=O) groups excluding carboxylic acids is 3. The van der Waals surface area contributed by atoms with Crippen molar-refractivity contribution in [1.82, 2.24) is 4.90 Å². The van der Waals surface area contributed by atoms with Gasteiger partial charge in [0.1, 0.15) is 18.5 Å². The Hall–Kier alpha value is -2.98. The highest BCUT2D eigenvalue weighted by atomic mass is 35.5. The van der Waals surface area contributed by atoms with Gasteiger partial charge in [-0.3, -0.25) is 14.4 Å². The van der Waals surface area contributed by atoms with Crippen LogP contribution >= 0.6 is 23.2 Å². The van der Waals surface area contributed by atoms with Crippen LogP contribution in [0.3, 0.4) is 0 Å². The van der Waals surface area contributed by atoms with E-state index in [1.807, 2.05) is 6.92 Å². The highest BCUT2D eigenvalue weighted by Crippen LogP contribution is 2.27. The van der Waals surface area contributed by atoms with E-state index in [-0.39, 0.29) is 37.3 Å². The zero-order valence-corrected chi connectivity index (χ0v) is 21.6. The molecular formula is C26H26Cl2FN3O5. The number of hydrogen-bond acceptors (Lipinski definition) is 5. The summed E-state index contributed by atoms with van der Waals surface area (Å²) >= 11 is 12.0. The number of likely N-dealkylation sites (tertiary alicyclic amines) is 1. The molecule has 2 atom stereocenters. The zero-order valence-electron chi connectivity index (χ0n) is 20.1. The lowest BCUT2D eigenvalue weighted by atomic mass is 10.1. The van der Waals surface area contributed by atoms with Crippen LogP contribution in [-0.2, 0) is 23.9 Å². The van der Waals surface area contributed by atoms with Gasteiger partial charge in [0.15, 0.2) is 0 Å². The first-order valence-electron chi connectivity index (χ1n) is 11.8. The molecule has 3 amide bonds. The minimum atomic E-state index is -0.859. The van der Waals surface area contributed by atoms with Gasteiger partial charge in [-0.1, -0.05) is 29.3 Å². The lowest BCUT2D eigenvalue weighted by molar-refractivity contribution is -0.132. The fourth-order valence-corrected chi connectivity index (χ4v) is 4.61. The van der Waals surface area contributed by atoms with Gasteiger partial charge < -0.3 is 24.6 Å². The number of nitrogens with zero attached hydrogens (tertiary/aromatic N) is 2. The highest BCUT2D eigenvalue weighted by molar-refractivity contribution is 6.42. The third-order valence-corrected chi connectivity index (χ3v) is 6.86. The number of carbonyl (C=O) groups is 3. The van der Waals surface area contributed by atoms with Crippen LogP contribution in [-0.4, -0.2) is 67.7 Å². The summed E-state index contributed by atoms with van der Waals surface area (Å²) < 4.78 is 25.7. The summed E-state index contributed by atoms with van der Waals surface area (Å²) in [5.74, 6) is -1.89. The molecule has 0 aromatic heterocycles. The Labute approximate surface area is 223 Å². The summed E-state index contributed by atoms with van der Waals surface area (Å²) in [6, 6.07) is 8.26. The second-order valence-electron chi connectivity index (χ2n) is 8.58. The molecule has 2 aromatic carbocycles. The van der Waals surface area contributed by atoms with Crippen LogP contribution in [0.25, 0.3) is 6.08 Å². The molecule has 0 radical (unpaired) electrons. The molecule has 0 bridgehead atoms. The van der Waals surface area contributed by atoms with E-state index in [9.17, 15) is 18.8 Å². The SMILES string of the molecule is CCO[C@@H]1C[C@H](C(=O)Nc2ccc(N3CCOCC3=O)cc2F)N(C(=O)/C=C/c2ccc(Cl)c(Cl)c2)C1. The van der Waals surface area contributed by atoms with Gasteiger partial charge in [0.2, 0.25) is 11.8 Å². The van der Waals surface area contributed by atoms with E-state index in [0.717, 1.165) is 0 Å². The standard InChI is InChI=1S/C26H26Cl2FN3O5/c1-2-37-18-13-23(32(14-18)24(33)8-4-16-3-6-19(27)20(28)11-16)26(35)30-22-7-5-17(12-21(22)29)31-9-10-36-15-25(31)34/h3-8,11-12,18,23H,2,9-10,13-15H2,1H3,(H,30,35)/b8-4+/t18-,23-/m1/s1. The van der Waals surface area contributed by atoms with Crippen LogP contribution in [0, 0.1) is 5.82 Å². The molecule has 2 saturated heterocycles. The molecule has 4 rings (SSSR count). The summed E-state index contributed by atoms with van der Waals surface area (Å²) in [5.41, 5.74) is 1.00. The molecule has 8 nitrogen and oxygen atoms in total.